The summed E-state index contributed by atoms with van der Waals surface area (Å²) < 4.78 is 6.21. The second-order valence-corrected chi connectivity index (χ2v) is 3.92. The molecule has 0 fully saturated rings. The Morgan fingerprint density at radius 2 is 2.31 bits per heavy atom. The van der Waals surface area contributed by atoms with E-state index in [0.29, 0.717) is 0 Å². The van der Waals surface area contributed by atoms with E-state index in [2.05, 4.69) is 22.6 Å². The smallest absolute Gasteiger partial charge is 0.123 e. The van der Waals surface area contributed by atoms with Crippen LogP contribution >= 0.6 is 22.6 Å². The average molecular weight is 293 g/mol. The molecule has 0 aliphatic carbocycles. The number of aliphatic hydroxyl groups is 1. The molecule has 0 saturated heterocycles. The molecule has 3 nitrogen and oxygen atoms in total. The topological polar surface area (TPSA) is 55.5 Å². The number of rotatable bonds is 3. The van der Waals surface area contributed by atoms with Crippen molar-refractivity contribution in [2.75, 3.05) is 13.7 Å². The van der Waals surface area contributed by atoms with Crippen molar-refractivity contribution in [2.45, 2.75) is 6.04 Å². The third-order valence-corrected chi connectivity index (χ3v) is 2.46. The molecular formula is C9H12INO2. The number of methoxy groups -OCH3 is 1. The van der Waals surface area contributed by atoms with Gasteiger partial charge in [0.15, 0.2) is 0 Å². The van der Waals surface area contributed by atoms with Crippen LogP contribution in [-0.2, 0) is 0 Å². The summed E-state index contributed by atoms with van der Waals surface area (Å²) in [5, 5.41) is 8.92. The van der Waals surface area contributed by atoms with E-state index in [1.807, 2.05) is 18.2 Å². The standard InChI is InChI=1S/C9H12INO2/c1-13-9-3-2-6(10)4-7(9)8(11)5-12/h2-4,8,12H,5,11H2,1H3/t8-/m1/s1. The van der Waals surface area contributed by atoms with Crippen LogP contribution < -0.4 is 10.5 Å². The highest BCUT2D eigenvalue weighted by molar-refractivity contribution is 14.1. The quantitative estimate of drug-likeness (QED) is 0.826. The maximum Gasteiger partial charge on any atom is 0.123 e. The van der Waals surface area contributed by atoms with Gasteiger partial charge in [0, 0.05) is 9.13 Å². The fraction of sp³-hybridized carbons (Fsp3) is 0.333. The van der Waals surface area contributed by atoms with Gasteiger partial charge < -0.3 is 15.6 Å². The van der Waals surface area contributed by atoms with Gasteiger partial charge in [0.2, 0.25) is 0 Å². The predicted octanol–water partition coefficient (Wildman–Crippen LogP) is 1.29. The molecule has 1 atom stereocenters. The summed E-state index contributed by atoms with van der Waals surface area (Å²) in [5.41, 5.74) is 6.55. The summed E-state index contributed by atoms with van der Waals surface area (Å²) in [6.07, 6.45) is 0. The minimum absolute atomic E-state index is 0.0730. The monoisotopic (exact) mass is 293 g/mol. The van der Waals surface area contributed by atoms with Crippen LogP contribution in [0.15, 0.2) is 18.2 Å². The molecule has 0 aliphatic rings. The number of hydrogen-bond acceptors (Lipinski definition) is 3. The van der Waals surface area contributed by atoms with Crippen LogP contribution in [0.5, 0.6) is 5.75 Å². The van der Waals surface area contributed by atoms with E-state index < -0.39 is 0 Å². The Hall–Kier alpha value is -0.330. The average Bonchev–Trinajstić information content (AvgIpc) is 2.16. The Morgan fingerprint density at radius 1 is 1.62 bits per heavy atom. The maximum absolute atomic E-state index is 8.92. The van der Waals surface area contributed by atoms with Gasteiger partial charge in [-0.1, -0.05) is 0 Å². The van der Waals surface area contributed by atoms with Gasteiger partial charge in [0.25, 0.3) is 0 Å². The first-order valence-corrected chi connectivity index (χ1v) is 4.96. The van der Waals surface area contributed by atoms with Crippen molar-refractivity contribution in [3.05, 3.63) is 27.3 Å². The van der Waals surface area contributed by atoms with Crippen LogP contribution in [0.1, 0.15) is 11.6 Å². The Labute approximate surface area is 91.0 Å². The lowest BCUT2D eigenvalue weighted by atomic mass is 10.1. The number of benzene rings is 1. The first kappa shape index (κ1) is 10.7. The van der Waals surface area contributed by atoms with Crippen LogP contribution in [0, 0.1) is 3.57 Å². The molecule has 0 radical (unpaired) electrons. The molecule has 1 aromatic rings. The Morgan fingerprint density at radius 3 is 2.85 bits per heavy atom. The van der Waals surface area contributed by atoms with Crippen molar-refractivity contribution in [3.8, 4) is 5.75 Å². The molecule has 0 heterocycles. The van der Waals surface area contributed by atoms with Gasteiger partial charge in [-0.05, 0) is 40.8 Å². The van der Waals surface area contributed by atoms with Crippen molar-refractivity contribution in [1.82, 2.24) is 0 Å². The zero-order valence-electron chi connectivity index (χ0n) is 7.33. The molecule has 0 unspecified atom stereocenters. The highest BCUT2D eigenvalue weighted by Gasteiger charge is 2.10. The number of hydrogen-bond donors (Lipinski definition) is 2. The maximum atomic E-state index is 8.92. The summed E-state index contributed by atoms with van der Waals surface area (Å²) in [4.78, 5) is 0. The molecule has 0 bridgehead atoms. The van der Waals surface area contributed by atoms with Crippen molar-refractivity contribution >= 4 is 22.6 Å². The van der Waals surface area contributed by atoms with Crippen LogP contribution in [0.2, 0.25) is 0 Å². The van der Waals surface area contributed by atoms with E-state index in [1.54, 1.807) is 7.11 Å². The minimum Gasteiger partial charge on any atom is -0.496 e. The third-order valence-electron chi connectivity index (χ3n) is 1.79. The highest BCUT2D eigenvalue weighted by atomic mass is 127. The first-order chi connectivity index (χ1) is 6.19. The molecule has 0 aliphatic heterocycles. The van der Waals surface area contributed by atoms with Crippen LogP contribution in [0.25, 0.3) is 0 Å². The summed E-state index contributed by atoms with van der Waals surface area (Å²) in [6.45, 7) is -0.0730. The number of ether oxygens (including phenoxy) is 1. The molecular weight excluding hydrogens is 281 g/mol. The lowest BCUT2D eigenvalue weighted by molar-refractivity contribution is 0.264. The lowest BCUT2D eigenvalue weighted by Crippen LogP contribution is -2.15. The molecule has 4 heteroatoms. The van der Waals surface area contributed by atoms with Crippen molar-refractivity contribution < 1.29 is 9.84 Å². The number of aliphatic hydroxyl groups excluding tert-OH is 1. The number of halogens is 1. The van der Waals surface area contributed by atoms with E-state index in [-0.39, 0.29) is 12.6 Å². The third kappa shape index (κ3) is 2.55. The van der Waals surface area contributed by atoms with Crippen molar-refractivity contribution in [2.24, 2.45) is 5.73 Å². The van der Waals surface area contributed by atoms with E-state index in [0.717, 1.165) is 14.9 Å². The second kappa shape index (κ2) is 4.78. The fourth-order valence-electron chi connectivity index (χ4n) is 1.09. The Balaban J connectivity index is 3.07. The molecule has 1 rings (SSSR count). The lowest BCUT2D eigenvalue weighted by Gasteiger charge is -2.13. The summed E-state index contributed by atoms with van der Waals surface area (Å²) in [6, 6.07) is 5.34. The zero-order valence-corrected chi connectivity index (χ0v) is 9.48. The fourth-order valence-corrected chi connectivity index (χ4v) is 1.61. The minimum atomic E-state index is -0.371. The zero-order chi connectivity index (χ0) is 9.84. The van der Waals surface area contributed by atoms with Gasteiger partial charge in [-0.2, -0.15) is 0 Å². The van der Waals surface area contributed by atoms with Gasteiger partial charge in [0.05, 0.1) is 19.8 Å². The number of nitrogens with two attached hydrogens (primary N) is 1. The molecule has 13 heavy (non-hydrogen) atoms. The SMILES string of the molecule is COc1ccc(I)cc1[C@H](N)CO. The first-order valence-electron chi connectivity index (χ1n) is 3.89. The van der Waals surface area contributed by atoms with Gasteiger partial charge >= 0.3 is 0 Å². The van der Waals surface area contributed by atoms with Crippen LogP contribution in [-0.4, -0.2) is 18.8 Å². The normalized spacial score (nSPS) is 12.6. The summed E-state index contributed by atoms with van der Waals surface area (Å²) in [5.74, 6) is 0.724. The van der Waals surface area contributed by atoms with Crippen LogP contribution in [0.3, 0.4) is 0 Å². The van der Waals surface area contributed by atoms with Gasteiger partial charge in [-0.15, -0.1) is 0 Å². The molecule has 0 saturated carbocycles. The Bertz CT molecular complexity index is 291. The van der Waals surface area contributed by atoms with E-state index in [9.17, 15) is 0 Å². The van der Waals surface area contributed by atoms with Gasteiger partial charge in [-0.3, -0.25) is 0 Å². The molecule has 1 aromatic carbocycles. The predicted molar refractivity (Wildman–Crippen MR) is 59.7 cm³/mol. The van der Waals surface area contributed by atoms with Gasteiger partial charge in [-0.25, -0.2) is 0 Å². The van der Waals surface area contributed by atoms with Crippen molar-refractivity contribution in [3.63, 3.8) is 0 Å². The molecule has 0 aromatic heterocycles. The second-order valence-electron chi connectivity index (χ2n) is 2.68. The molecule has 72 valence electrons. The van der Waals surface area contributed by atoms with Gasteiger partial charge in [0.1, 0.15) is 5.75 Å². The highest BCUT2D eigenvalue weighted by Crippen LogP contribution is 2.25. The Kier molecular flexibility index (Phi) is 3.95. The van der Waals surface area contributed by atoms with E-state index in [4.69, 9.17) is 15.6 Å². The van der Waals surface area contributed by atoms with Crippen LogP contribution in [0.4, 0.5) is 0 Å². The summed E-state index contributed by atoms with van der Waals surface area (Å²) in [7, 11) is 1.59. The summed E-state index contributed by atoms with van der Waals surface area (Å²) >= 11 is 2.20. The molecule has 0 amide bonds. The van der Waals surface area contributed by atoms with Crippen molar-refractivity contribution in [1.29, 1.82) is 0 Å². The molecule has 0 spiro atoms. The van der Waals surface area contributed by atoms with E-state index >= 15 is 0 Å². The molecule has 3 N–H and O–H groups in total. The van der Waals surface area contributed by atoms with E-state index in [1.165, 1.54) is 0 Å². The largest absolute Gasteiger partial charge is 0.496 e.